The molecule has 0 saturated carbocycles. The van der Waals surface area contributed by atoms with E-state index in [0.29, 0.717) is 19.3 Å². The zero-order valence-electron chi connectivity index (χ0n) is 54.7. The van der Waals surface area contributed by atoms with E-state index in [9.17, 15) is 14.4 Å². The van der Waals surface area contributed by atoms with Crippen molar-refractivity contribution in [1.29, 1.82) is 0 Å². The van der Waals surface area contributed by atoms with Gasteiger partial charge in [-0.1, -0.05) is 304 Å². The van der Waals surface area contributed by atoms with Gasteiger partial charge in [0, 0.05) is 19.3 Å². The van der Waals surface area contributed by atoms with E-state index in [4.69, 9.17) is 14.2 Å². The van der Waals surface area contributed by atoms with Crippen molar-refractivity contribution in [3.05, 3.63) is 109 Å². The van der Waals surface area contributed by atoms with Gasteiger partial charge in [-0.3, -0.25) is 14.4 Å². The van der Waals surface area contributed by atoms with Crippen molar-refractivity contribution >= 4 is 17.9 Å². The molecule has 0 heterocycles. The first-order valence-corrected chi connectivity index (χ1v) is 35.4. The summed E-state index contributed by atoms with van der Waals surface area (Å²) < 4.78 is 16.9. The highest BCUT2D eigenvalue weighted by molar-refractivity contribution is 5.71. The molecule has 0 amide bonds. The van der Waals surface area contributed by atoms with Crippen molar-refractivity contribution in [2.24, 2.45) is 0 Å². The molecule has 0 aliphatic carbocycles. The summed E-state index contributed by atoms with van der Waals surface area (Å²) in [6.07, 6.45) is 97.0. The van der Waals surface area contributed by atoms with Gasteiger partial charge in [-0.25, -0.2) is 0 Å². The van der Waals surface area contributed by atoms with Gasteiger partial charge in [0.05, 0.1) is 0 Å². The van der Waals surface area contributed by atoms with Gasteiger partial charge in [0.2, 0.25) is 0 Å². The second kappa shape index (κ2) is 70.6. The van der Waals surface area contributed by atoms with Gasteiger partial charge in [0.1, 0.15) is 13.2 Å². The summed E-state index contributed by atoms with van der Waals surface area (Å²) in [5.74, 6) is -0.940. The summed E-state index contributed by atoms with van der Waals surface area (Å²) in [4.78, 5) is 38.4. The van der Waals surface area contributed by atoms with E-state index >= 15 is 0 Å². The van der Waals surface area contributed by atoms with Crippen molar-refractivity contribution in [3.63, 3.8) is 0 Å². The molecule has 476 valence electrons. The van der Waals surface area contributed by atoms with Gasteiger partial charge < -0.3 is 14.2 Å². The summed E-state index contributed by atoms with van der Waals surface area (Å²) in [6.45, 7) is 6.47. The molecule has 0 fully saturated rings. The largest absolute Gasteiger partial charge is 0.462 e. The highest BCUT2D eigenvalue weighted by Gasteiger charge is 2.19. The van der Waals surface area contributed by atoms with Crippen LogP contribution in [0.1, 0.15) is 342 Å². The highest BCUT2D eigenvalue weighted by atomic mass is 16.6. The van der Waals surface area contributed by atoms with Crippen LogP contribution in [0.15, 0.2) is 109 Å². The zero-order valence-corrected chi connectivity index (χ0v) is 54.7. The summed E-state index contributed by atoms with van der Waals surface area (Å²) in [5.41, 5.74) is 0. The third-order valence-corrected chi connectivity index (χ3v) is 15.2. The Morgan fingerprint density at radius 1 is 0.253 bits per heavy atom. The molecule has 0 N–H and O–H groups in total. The van der Waals surface area contributed by atoms with Crippen molar-refractivity contribution in [1.82, 2.24) is 0 Å². The number of carbonyl (C=O) groups excluding carboxylic acids is 3. The molecule has 6 heteroatoms. The smallest absolute Gasteiger partial charge is 0.306 e. The highest BCUT2D eigenvalue weighted by Crippen LogP contribution is 2.17. The molecule has 0 aliphatic heterocycles. The fourth-order valence-electron chi connectivity index (χ4n) is 9.94. The Balaban J connectivity index is 4.28. The Morgan fingerprint density at radius 3 is 0.783 bits per heavy atom. The number of hydrogen-bond donors (Lipinski definition) is 0. The first-order valence-electron chi connectivity index (χ1n) is 35.4. The summed E-state index contributed by atoms with van der Waals surface area (Å²) in [5, 5.41) is 0. The summed E-state index contributed by atoms with van der Waals surface area (Å²) >= 11 is 0. The van der Waals surface area contributed by atoms with E-state index in [1.165, 1.54) is 186 Å². The molecule has 6 nitrogen and oxygen atoms in total. The SMILES string of the molecule is CC/C=C\C/C=C\C/C=C\C/C=C\CCCCC(=O)OCC(COC(=O)CCCCCCCCCCCCCCCCCCCCC/C=C\C/C=C\CCCCCCC)OC(=O)CCCCCCCC/C=C\C/C=C\C/C=C\CCCCC. The van der Waals surface area contributed by atoms with Gasteiger partial charge in [-0.05, 0) is 128 Å². The Labute approximate surface area is 514 Å². The molecule has 0 rings (SSSR count). The van der Waals surface area contributed by atoms with Crippen molar-refractivity contribution < 1.29 is 28.6 Å². The average Bonchev–Trinajstić information content (AvgIpc) is 3.50. The third kappa shape index (κ3) is 68.7. The van der Waals surface area contributed by atoms with Crippen molar-refractivity contribution in [3.8, 4) is 0 Å². The topological polar surface area (TPSA) is 78.9 Å². The lowest BCUT2D eigenvalue weighted by Gasteiger charge is -2.18. The number of allylic oxidation sites excluding steroid dienone is 18. The Morgan fingerprint density at radius 2 is 0.470 bits per heavy atom. The molecule has 0 radical (unpaired) electrons. The van der Waals surface area contributed by atoms with Crippen LogP contribution >= 0.6 is 0 Å². The fraction of sp³-hybridized carbons (Fsp3) is 0.727. The van der Waals surface area contributed by atoms with Crippen LogP contribution in [0, 0.1) is 0 Å². The van der Waals surface area contributed by atoms with E-state index in [1.807, 2.05) is 0 Å². The third-order valence-electron chi connectivity index (χ3n) is 15.2. The summed E-state index contributed by atoms with van der Waals surface area (Å²) in [7, 11) is 0. The number of unbranched alkanes of at least 4 members (excludes halogenated alkanes) is 35. The number of rotatable bonds is 64. The lowest BCUT2D eigenvalue weighted by molar-refractivity contribution is -0.167. The van der Waals surface area contributed by atoms with Crippen LogP contribution in [0.4, 0.5) is 0 Å². The molecule has 83 heavy (non-hydrogen) atoms. The van der Waals surface area contributed by atoms with Gasteiger partial charge in [0.25, 0.3) is 0 Å². The van der Waals surface area contributed by atoms with Crippen LogP contribution < -0.4 is 0 Å². The predicted molar refractivity (Wildman–Crippen MR) is 362 cm³/mol. The van der Waals surface area contributed by atoms with E-state index in [-0.39, 0.29) is 31.1 Å². The first-order chi connectivity index (χ1) is 41.0. The van der Waals surface area contributed by atoms with Gasteiger partial charge in [-0.15, -0.1) is 0 Å². The molecule has 0 aromatic heterocycles. The lowest BCUT2D eigenvalue weighted by atomic mass is 10.0. The Hall–Kier alpha value is -3.93. The zero-order chi connectivity index (χ0) is 59.9. The van der Waals surface area contributed by atoms with Crippen molar-refractivity contribution in [2.45, 2.75) is 348 Å². The van der Waals surface area contributed by atoms with Gasteiger partial charge in [0.15, 0.2) is 6.10 Å². The van der Waals surface area contributed by atoms with Gasteiger partial charge >= 0.3 is 17.9 Å². The Kier molecular flexibility index (Phi) is 67.2. The minimum absolute atomic E-state index is 0.0955. The average molecular weight is 1150 g/mol. The summed E-state index contributed by atoms with van der Waals surface area (Å²) in [6, 6.07) is 0. The molecule has 1 unspecified atom stereocenters. The molecular weight excluding hydrogens is 1020 g/mol. The fourth-order valence-corrected chi connectivity index (χ4v) is 9.94. The molecule has 0 aliphatic rings. The molecule has 0 bridgehead atoms. The minimum Gasteiger partial charge on any atom is -0.462 e. The predicted octanol–water partition coefficient (Wildman–Crippen LogP) is 24.6. The molecular formula is C77H132O6. The van der Waals surface area contributed by atoms with Crippen LogP contribution in [0.2, 0.25) is 0 Å². The van der Waals surface area contributed by atoms with Gasteiger partial charge in [-0.2, -0.15) is 0 Å². The number of hydrogen-bond acceptors (Lipinski definition) is 6. The number of esters is 3. The molecule has 0 aromatic rings. The first kappa shape index (κ1) is 79.1. The van der Waals surface area contributed by atoms with Crippen LogP contribution in [0.3, 0.4) is 0 Å². The van der Waals surface area contributed by atoms with E-state index in [2.05, 4.69) is 130 Å². The maximum Gasteiger partial charge on any atom is 0.306 e. The van der Waals surface area contributed by atoms with Crippen LogP contribution in [0.5, 0.6) is 0 Å². The van der Waals surface area contributed by atoms with E-state index < -0.39 is 6.10 Å². The minimum atomic E-state index is -0.805. The lowest BCUT2D eigenvalue weighted by Crippen LogP contribution is -2.30. The normalized spacial score (nSPS) is 12.8. The number of carbonyl (C=O) groups is 3. The van der Waals surface area contributed by atoms with Crippen molar-refractivity contribution in [2.75, 3.05) is 13.2 Å². The quantitative estimate of drug-likeness (QED) is 0.0261. The number of ether oxygens (including phenoxy) is 3. The van der Waals surface area contributed by atoms with E-state index in [1.54, 1.807) is 0 Å². The maximum absolute atomic E-state index is 12.9. The molecule has 0 aromatic carbocycles. The molecule has 0 saturated heterocycles. The van der Waals surface area contributed by atoms with Crippen LogP contribution in [-0.4, -0.2) is 37.2 Å². The van der Waals surface area contributed by atoms with Crippen LogP contribution in [-0.2, 0) is 28.6 Å². The maximum atomic E-state index is 12.9. The second-order valence-corrected chi connectivity index (χ2v) is 23.4. The Bertz CT molecular complexity index is 1660. The molecule has 0 spiro atoms. The second-order valence-electron chi connectivity index (χ2n) is 23.4. The van der Waals surface area contributed by atoms with E-state index in [0.717, 1.165) is 116 Å². The van der Waals surface area contributed by atoms with Crippen LogP contribution in [0.25, 0.3) is 0 Å². The standard InChI is InChI=1S/C77H132O6/c1-4-7-10-13-16-19-22-25-28-30-32-33-34-35-36-37-38-39-40-41-42-43-45-46-49-52-55-58-61-64-67-70-76(79)82-73-74(72-81-75(78)69-66-63-60-57-54-51-48-27-24-21-18-15-12-9-6-3)83-77(80)71-68-65-62-59-56-53-50-47-44-31-29-26-23-20-17-14-11-8-5-2/h9,12,17-18,20-22,25-27,29-30,32,44,47-48,54,57,74H,4-8,10-11,13-16,19,23-24,28,31,33-43,45-46,49-53,55-56,58-73H2,1-3H3/b12-9-,20-17-,21-18-,25-22-,29-26-,32-30-,47-44-,48-27-,57-54-. The monoisotopic (exact) mass is 1150 g/mol. The molecule has 1 atom stereocenters.